The van der Waals surface area contributed by atoms with Crippen molar-refractivity contribution >= 4 is 5.70 Å². The summed E-state index contributed by atoms with van der Waals surface area (Å²) in [6.07, 6.45) is -0.188. The minimum Gasteiger partial charge on any atom is -0.397 e. The van der Waals surface area contributed by atoms with Crippen molar-refractivity contribution in [3.63, 3.8) is 0 Å². The maximum atomic E-state index is 13.6. The van der Waals surface area contributed by atoms with E-state index < -0.39 is 53.4 Å². The van der Waals surface area contributed by atoms with Crippen LogP contribution in [0.5, 0.6) is 0 Å². The Balaban J connectivity index is 1.67. The van der Waals surface area contributed by atoms with Crippen molar-refractivity contribution in [3.05, 3.63) is 41.3 Å². The van der Waals surface area contributed by atoms with E-state index in [1.54, 1.807) is 13.8 Å². The highest BCUT2D eigenvalue weighted by molar-refractivity contribution is 5.62. The number of fused-ring (bicyclic) bond motifs is 1. The van der Waals surface area contributed by atoms with E-state index in [-0.39, 0.29) is 17.9 Å². The average molecular weight is 445 g/mol. The van der Waals surface area contributed by atoms with Crippen LogP contribution in [0.1, 0.15) is 32.3 Å². The van der Waals surface area contributed by atoms with Crippen molar-refractivity contribution in [2.24, 2.45) is 11.6 Å². The third-order valence-corrected chi connectivity index (χ3v) is 5.81. The van der Waals surface area contributed by atoms with Gasteiger partial charge in [-0.05, 0) is 32.4 Å². The zero-order valence-electron chi connectivity index (χ0n) is 17.2. The number of nitrogens with zero attached hydrogens (tertiary/aromatic N) is 1. The molecule has 1 aromatic carbocycles. The number of hydrogen-bond donors (Lipinski definition) is 3. The minimum absolute atomic E-state index is 0.106. The Kier molecular flexibility index (Phi) is 5.69. The summed E-state index contributed by atoms with van der Waals surface area (Å²) in [6.45, 7) is 4.04. The molecule has 0 saturated carbocycles. The van der Waals surface area contributed by atoms with E-state index in [9.17, 15) is 18.3 Å². The molecule has 0 unspecified atom stereocenters. The first kappa shape index (κ1) is 22.3. The molecule has 1 spiro atoms. The van der Waals surface area contributed by atoms with E-state index in [4.69, 9.17) is 30.5 Å². The van der Waals surface area contributed by atoms with E-state index in [0.717, 1.165) is 17.1 Å². The molecule has 0 aromatic heterocycles. The summed E-state index contributed by atoms with van der Waals surface area (Å²) in [5.74, 6) is -0.342. The van der Waals surface area contributed by atoms with Crippen LogP contribution in [0.4, 0.5) is 13.2 Å². The number of aliphatic hydroxyl groups excluding tert-OH is 1. The van der Waals surface area contributed by atoms with E-state index in [1.165, 1.54) is 6.20 Å². The van der Waals surface area contributed by atoms with Crippen LogP contribution in [0, 0.1) is 17.5 Å². The van der Waals surface area contributed by atoms with Gasteiger partial charge in [0, 0.05) is 18.2 Å². The van der Waals surface area contributed by atoms with Crippen LogP contribution in [-0.2, 0) is 18.9 Å². The Bertz CT molecular complexity index is 855. The molecular formula is C20H26F3N3O5. The van der Waals surface area contributed by atoms with E-state index in [2.05, 4.69) is 0 Å². The molecule has 4 rings (SSSR count). The highest BCUT2D eigenvalue weighted by Gasteiger charge is 2.60. The second-order valence-corrected chi connectivity index (χ2v) is 8.43. The van der Waals surface area contributed by atoms with Gasteiger partial charge in [0.1, 0.15) is 24.4 Å². The van der Waals surface area contributed by atoms with Crippen LogP contribution in [0.2, 0.25) is 0 Å². The quantitative estimate of drug-likeness (QED) is 0.363. The Morgan fingerprint density at radius 1 is 1.19 bits per heavy atom. The van der Waals surface area contributed by atoms with Gasteiger partial charge in [-0.3, -0.25) is 0 Å². The molecule has 3 heterocycles. The number of hydrazine groups is 1. The smallest absolute Gasteiger partial charge is 0.197 e. The predicted octanol–water partition coefficient (Wildman–Crippen LogP) is 1.32. The molecule has 3 aliphatic rings. The summed E-state index contributed by atoms with van der Waals surface area (Å²) in [7, 11) is 0. The lowest BCUT2D eigenvalue weighted by Gasteiger charge is -2.55. The van der Waals surface area contributed by atoms with E-state index in [0.29, 0.717) is 19.4 Å². The molecule has 11 heteroatoms. The molecule has 31 heavy (non-hydrogen) atoms. The molecule has 172 valence electrons. The highest BCUT2D eigenvalue weighted by Crippen LogP contribution is 2.43. The van der Waals surface area contributed by atoms with Gasteiger partial charge >= 0.3 is 0 Å². The maximum Gasteiger partial charge on any atom is 0.197 e. The maximum absolute atomic E-state index is 13.6. The van der Waals surface area contributed by atoms with Gasteiger partial charge in [-0.15, -0.1) is 0 Å². The van der Waals surface area contributed by atoms with Crippen molar-refractivity contribution in [2.75, 3.05) is 13.2 Å². The predicted molar refractivity (Wildman–Crippen MR) is 102 cm³/mol. The summed E-state index contributed by atoms with van der Waals surface area (Å²) in [5.41, 5.74) is 5.73. The van der Waals surface area contributed by atoms with Gasteiger partial charge in [0.15, 0.2) is 29.0 Å². The number of aliphatic hydroxyl groups is 1. The second kappa shape index (κ2) is 7.91. The zero-order valence-corrected chi connectivity index (χ0v) is 17.2. The molecule has 0 radical (unpaired) electrons. The summed E-state index contributed by atoms with van der Waals surface area (Å²) in [4.78, 5) is 0. The Labute approximate surface area is 177 Å². The number of hydrogen-bond acceptors (Lipinski definition) is 8. The molecule has 8 nitrogen and oxygen atoms in total. The molecule has 3 saturated heterocycles. The Hall–Kier alpha value is -1.89. The first-order valence-electron chi connectivity index (χ1n) is 10.00. The van der Waals surface area contributed by atoms with Gasteiger partial charge in [-0.2, -0.15) is 0 Å². The fraction of sp³-hybridized carbons (Fsp3) is 0.600. The number of halogens is 3. The van der Waals surface area contributed by atoms with Crippen molar-refractivity contribution in [3.8, 4) is 0 Å². The van der Waals surface area contributed by atoms with Crippen LogP contribution < -0.4 is 11.6 Å². The standard InChI is InChI=1S/C20H26F3N3O5/c1-19(2)29-9-14-17(31-19)16(18(27)20(30-14)4-3-5-28-20)26(25)8-13(24)10-6-11(21)15(23)12(22)7-10/h6-8,14,16-18,27H,3-5,9,24-25H2,1-2H3/b13-8-/t14-,16+,17+,18-,20+/m1/s1. The highest BCUT2D eigenvalue weighted by atomic mass is 19.2. The van der Waals surface area contributed by atoms with Gasteiger partial charge in [-0.1, -0.05) is 0 Å². The normalized spacial score (nSPS) is 35.3. The molecule has 3 fully saturated rings. The van der Waals surface area contributed by atoms with Crippen molar-refractivity contribution < 1.29 is 37.2 Å². The monoisotopic (exact) mass is 445 g/mol. The fourth-order valence-corrected chi connectivity index (χ4v) is 4.31. The Morgan fingerprint density at radius 3 is 2.48 bits per heavy atom. The number of benzene rings is 1. The molecule has 3 aliphatic heterocycles. The number of rotatable bonds is 3. The molecular weight excluding hydrogens is 419 g/mol. The van der Waals surface area contributed by atoms with Gasteiger partial charge < -0.3 is 34.8 Å². The van der Waals surface area contributed by atoms with Crippen LogP contribution in [0.25, 0.3) is 5.70 Å². The molecule has 0 amide bonds. The summed E-state index contributed by atoms with van der Waals surface area (Å²) in [5, 5.41) is 12.3. The van der Waals surface area contributed by atoms with Gasteiger partial charge in [0.25, 0.3) is 0 Å². The molecule has 0 aliphatic carbocycles. The van der Waals surface area contributed by atoms with E-state index >= 15 is 0 Å². The minimum atomic E-state index is -1.60. The number of nitrogens with two attached hydrogens (primary N) is 2. The Morgan fingerprint density at radius 2 is 1.87 bits per heavy atom. The third kappa shape index (κ3) is 4.01. The number of ether oxygens (including phenoxy) is 4. The van der Waals surface area contributed by atoms with Crippen LogP contribution in [0.3, 0.4) is 0 Å². The van der Waals surface area contributed by atoms with Crippen molar-refractivity contribution in [1.82, 2.24) is 5.01 Å². The summed E-state index contributed by atoms with van der Waals surface area (Å²) < 4.78 is 64.0. The first-order chi connectivity index (χ1) is 14.5. The summed E-state index contributed by atoms with van der Waals surface area (Å²) >= 11 is 0. The third-order valence-electron chi connectivity index (χ3n) is 5.81. The summed E-state index contributed by atoms with van der Waals surface area (Å²) in [6, 6.07) is 0.641. The molecule has 1 aromatic rings. The van der Waals surface area contributed by atoms with Crippen LogP contribution in [-0.4, -0.2) is 59.3 Å². The van der Waals surface area contributed by atoms with Gasteiger partial charge in [-0.25, -0.2) is 19.0 Å². The first-order valence-corrected chi connectivity index (χ1v) is 10.00. The van der Waals surface area contributed by atoms with Gasteiger partial charge in [0.05, 0.1) is 18.9 Å². The average Bonchev–Trinajstić information content (AvgIpc) is 3.16. The van der Waals surface area contributed by atoms with Crippen molar-refractivity contribution in [2.45, 2.75) is 62.6 Å². The van der Waals surface area contributed by atoms with Crippen LogP contribution >= 0.6 is 0 Å². The van der Waals surface area contributed by atoms with Crippen LogP contribution in [0.15, 0.2) is 18.3 Å². The molecule has 0 bridgehead atoms. The fourth-order valence-electron chi connectivity index (χ4n) is 4.31. The topological polar surface area (TPSA) is 112 Å². The zero-order chi connectivity index (χ0) is 22.6. The lowest BCUT2D eigenvalue weighted by Crippen LogP contribution is -2.72. The largest absolute Gasteiger partial charge is 0.397 e. The van der Waals surface area contributed by atoms with E-state index in [1.807, 2.05) is 0 Å². The SMILES string of the molecule is CC1(C)OC[C@H]2O[C@@]3(CCCO3)[C@H](O)[C@@H](N(N)/C=C(\N)c3cc(F)c(F)c(F)c3)[C@H]2O1. The lowest BCUT2D eigenvalue weighted by molar-refractivity contribution is -0.400. The lowest BCUT2D eigenvalue weighted by atomic mass is 9.87. The van der Waals surface area contributed by atoms with Gasteiger partial charge in [0.2, 0.25) is 0 Å². The second-order valence-electron chi connectivity index (χ2n) is 8.43. The van der Waals surface area contributed by atoms with Crippen molar-refractivity contribution in [1.29, 1.82) is 0 Å². The molecule has 5 N–H and O–H groups in total. The molecule has 5 atom stereocenters.